The molecule has 2 atom stereocenters. The molecule has 2 N–H and O–H groups in total. The molecule has 1 saturated carbocycles. The Morgan fingerprint density at radius 3 is 2.35 bits per heavy atom. The van der Waals surface area contributed by atoms with Crippen LogP contribution in [0.25, 0.3) is 11.3 Å². The summed E-state index contributed by atoms with van der Waals surface area (Å²) in [7, 11) is 0. The van der Waals surface area contributed by atoms with Crippen LogP contribution >= 0.6 is 0 Å². The summed E-state index contributed by atoms with van der Waals surface area (Å²) in [6, 6.07) is 28.2. The number of nitrogens with one attached hydrogen (secondary N) is 2. The van der Waals surface area contributed by atoms with E-state index in [1.54, 1.807) is 6.20 Å². The summed E-state index contributed by atoms with van der Waals surface area (Å²) in [5.41, 5.74) is 5.92. The van der Waals surface area contributed by atoms with Crippen molar-refractivity contribution in [2.45, 2.75) is 12.3 Å². The van der Waals surface area contributed by atoms with E-state index in [2.05, 4.69) is 49.8 Å². The van der Waals surface area contributed by atoms with Crippen molar-refractivity contribution in [3.63, 3.8) is 0 Å². The Labute approximate surface area is 216 Å². The zero-order valence-electron chi connectivity index (χ0n) is 20.5. The number of hydrogen-bond donors (Lipinski definition) is 2. The van der Waals surface area contributed by atoms with Gasteiger partial charge in [-0.15, -0.1) is 0 Å². The maximum atomic E-state index is 12.7. The standard InChI is InChI=1S/C30H29N5O2/c36-29(27-20-26(27)21-4-2-1-3-5-21)32-23-8-6-22(7-9-23)28-14-15-31-30(34-28)33-24-10-12-25(13-11-24)35-16-18-37-19-17-35/h1-15,26-27H,16-20H2,(H,32,36)(H,31,33,34). The number of anilines is 4. The van der Waals surface area contributed by atoms with Gasteiger partial charge in [0.05, 0.1) is 18.9 Å². The number of hydrogen-bond acceptors (Lipinski definition) is 6. The van der Waals surface area contributed by atoms with Gasteiger partial charge in [0.25, 0.3) is 0 Å². The zero-order valence-corrected chi connectivity index (χ0v) is 20.5. The molecule has 1 saturated heterocycles. The van der Waals surface area contributed by atoms with Crippen LogP contribution in [0.5, 0.6) is 0 Å². The summed E-state index contributed by atoms with van der Waals surface area (Å²) in [5, 5.41) is 6.36. The van der Waals surface area contributed by atoms with Gasteiger partial charge in [-0.2, -0.15) is 0 Å². The number of carbonyl (C=O) groups excluding carboxylic acids is 1. The topological polar surface area (TPSA) is 79.4 Å². The average molecular weight is 492 g/mol. The molecule has 4 aromatic rings. The summed E-state index contributed by atoms with van der Waals surface area (Å²) in [6.07, 6.45) is 2.65. The Kier molecular flexibility index (Phi) is 6.52. The molecule has 0 spiro atoms. The maximum Gasteiger partial charge on any atom is 0.228 e. The first-order valence-corrected chi connectivity index (χ1v) is 12.7. The average Bonchev–Trinajstić information content (AvgIpc) is 3.77. The van der Waals surface area contributed by atoms with E-state index in [9.17, 15) is 4.79 Å². The number of rotatable bonds is 7. The van der Waals surface area contributed by atoms with Crippen molar-refractivity contribution in [2.24, 2.45) is 5.92 Å². The predicted octanol–water partition coefficient (Wildman–Crippen LogP) is 5.47. The molecular weight excluding hydrogens is 462 g/mol. The fraction of sp³-hybridized carbons (Fsp3) is 0.233. The quantitative estimate of drug-likeness (QED) is 0.357. The number of aromatic nitrogens is 2. The molecular formula is C30H29N5O2. The number of ether oxygens (including phenoxy) is 1. The third-order valence-electron chi connectivity index (χ3n) is 6.96. The van der Waals surface area contributed by atoms with Crippen molar-refractivity contribution < 1.29 is 9.53 Å². The van der Waals surface area contributed by atoms with E-state index in [1.165, 1.54) is 11.3 Å². The Balaban J connectivity index is 1.07. The molecule has 2 fully saturated rings. The van der Waals surface area contributed by atoms with Crippen LogP contribution in [0.2, 0.25) is 0 Å². The van der Waals surface area contributed by atoms with Crippen molar-refractivity contribution in [1.29, 1.82) is 0 Å². The summed E-state index contributed by atoms with van der Waals surface area (Å²) < 4.78 is 5.44. The van der Waals surface area contributed by atoms with Crippen LogP contribution < -0.4 is 15.5 Å². The van der Waals surface area contributed by atoms with Crippen LogP contribution in [0.4, 0.5) is 23.0 Å². The zero-order chi connectivity index (χ0) is 25.0. The van der Waals surface area contributed by atoms with Gasteiger partial charge in [-0.3, -0.25) is 4.79 Å². The van der Waals surface area contributed by atoms with Crippen molar-refractivity contribution in [3.8, 4) is 11.3 Å². The Morgan fingerprint density at radius 1 is 0.865 bits per heavy atom. The summed E-state index contributed by atoms with van der Waals surface area (Å²) >= 11 is 0. The Hall–Kier alpha value is -4.23. The van der Waals surface area contributed by atoms with E-state index in [-0.39, 0.29) is 11.8 Å². The van der Waals surface area contributed by atoms with Gasteiger partial charge < -0.3 is 20.3 Å². The van der Waals surface area contributed by atoms with Gasteiger partial charge in [-0.05, 0) is 60.4 Å². The van der Waals surface area contributed by atoms with Crippen molar-refractivity contribution in [1.82, 2.24) is 9.97 Å². The van der Waals surface area contributed by atoms with Gasteiger partial charge in [-0.25, -0.2) is 9.97 Å². The molecule has 0 bridgehead atoms. The molecule has 1 aromatic heterocycles. The van der Waals surface area contributed by atoms with Crippen LogP contribution in [-0.2, 0) is 9.53 Å². The molecule has 37 heavy (non-hydrogen) atoms. The molecule has 6 rings (SSSR count). The number of nitrogens with zero attached hydrogens (tertiary/aromatic N) is 3. The van der Waals surface area contributed by atoms with E-state index in [0.717, 1.165) is 55.4 Å². The first-order chi connectivity index (χ1) is 18.2. The molecule has 1 amide bonds. The molecule has 0 radical (unpaired) electrons. The Bertz CT molecular complexity index is 1350. The first kappa shape index (κ1) is 23.2. The fourth-order valence-electron chi connectivity index (χ4n) is 4.80. The van der Waals surface area contributed by atoms with Crippen LogP contribution in [0, 0.1) is 5.92 Å². The van der Waals surface area contributed by atoms with E-state index >= 15 is 0 Å². The minimum atomic E-state index is 0.0421. The van der Waals surface area contributed by atoms with Crippen molar-refractivity contribution >= 4 is 28.9 Å². The lowest BCUT2D eigenvalue weighted by Gasteiger charge is -2.28. The second-order valence-electron chi connectivity index (χ2n) is 9.46. The summed E-state index contributed by atoms with van der Waals surface area (Å²) in [5.74, 6) is 0.980. The first-order valence-electron chi connectivity index (χ1n) is 12.7. The minimum Gasteiger partial charge on any atom is -0.378 e. The van der Waals surface area contributed by atoms with Gasteiger partial charge in [0.2, 0.25) is 11.9 Å². The van der Waals surface area contributed by atoms with Gasteiger partial charge in [0, 0.05) is 47.8 Å². The van der Waals surface area contributed by atoms with E-state index in [0.29, 0.717) is 11.9 Å². The molecule has 2 heterocycles. The lowest BCUT2D eigenvalue weighted by Crippen LogP contribution is -2.36. The molecule has 7 nitrogen and oxygen atoms in total. The lowest BCUT2D eigenvalue weighted by atomic mass is 10.1. The minimum absolute atomic E-state index is 0.0421. The number of benzene rings is 3. The molecule has 3 aromatic carbocycles. The van der Waals surface area contributed by atoms with Gasteiger partial charge in [0.1, 0.15) is 0 Å². The second-order valence-corrected chi connectivity index (χ2v) is 9.46. The summed E-state index contributed by atoms with van der Waals surface area (Å²) in [4.78, 5) is 24.1. The fourth-order valence-corrected chi connectivity index (χ4v) is 4.80. The van der Waals surface area contributed by atoms with E-state index < -0.39 is 0 Å². The van der Waals surface area contributed by atoms with Crippen molar-refractivity contribution in [2.75, 3.05) is 41.8 Å². The third kappa shape index (κ3) is 5.47. The van der Waals surface area contributed by atoms with Gasteiger partial charge >= 0.3 is 0 Å². The molecule has 1 aliphatic carbocycles. The normalized spacial score (nSPS) is 18.8. The third-order valence-corrected chi connectivity index (χ3v) is 6.96. The van der Waals surface area contributed by atoms with Crippen LogP contribution in [0.15, 0.2) is 91.1 Å². The molecule has 2 unspecified atom stereocenters. The largest absolute Gasteiger partial charge is 0.378 e. The smallest absolute Gasteiger partial charge is 0.228 e. The summed E-state index contributed by atoms with van der Waals surface area (Å²) in [6.45, 7) is 3.36. The highest BCUT2D eigenvalue weighted by Gasteiger charge is 2.43. The molecule has 2 aliphatic rings. The van der Waals surface area contributed by atoms with Crippen LogP contribution in [-0.4, -0.2) is 42.2 Å². The second kappa shape index (κ2) is 10.4. The predicted molar refractivity (Wildman–Crippen MR) is 146 cm³/mol. The molecule has 1 aliphatic heterocycles. The SMILES string of the molecule is O=C(Nc1ccc(-c2ccnc(Nc3ccc(N4CCOCC4)cc3)n2)cc1)C1CC1c1ccccc1. The molecule has 186 valence electrons. The van der Waals surface area contributed by atoms with Gasteiger partial charge in [-0.1, -0.05) is 42.5 Å². The van der Waals surface area contributed by atoms with Crippen molar-refractivity contribution in [3.05, 3.63) is 96.7 Å². The highest BCUT2D eigenvalue weighted by Crippen LogP contribution is 2.47. The van der Waals surface area contributed by atoms with E-state index in [1.807, 2.05) is 60.7 Å². The molecule has 7 heteroatoms. The Morgan fingerprint density at radius 2 is 1.59 bits per heavy atom. The highest BCUT2D eigenvalue weighted by atomic mass is 16.5. The maximum absolute atomic E-state index is 12.7. The number of morpholine rings is 1. The van der Waals surface area contributed by atoms with E-state index in [4.69, 9.17) is 4.74 Å². The monoisotopic (exact) mass is 491 g/mol. The lowest BCUT2D eigenvalue weighted by molar-refractivity contribution is -0.117. The number of carbonyl (C=O) groups is 1. The highest BCUT2D eigenvalue weighted by molar-refractivity contribution is 5.95. The van der Waals surface area contributed by atoms with Gasteiger partial charge in [0.15, 0.2) is 0 Å². The van der Waals surface area contributed by atoms with Crippen LogP contribution in [0.1, 0.15) is 17.9 Å². The number of amides is 1. The van der Waals surface area contributed by atoms with Crippen LogP contribution in [0.3, 0.4) is 0 Å².